The molecule has 0 saturated heterocycles. The maximum absolute atomic E-state index is 12.2. The molecule has 0 atom stereocenters. The first-order chi connectivity index (χ1) is 11.0. The van der Waals surface area contributed by atoms with Gasteiger partial charge in [0.05, 0.1) is 12.0 Å². The third kappa shape index (κ3) is 2.73. The number of nitrogens with zero attached hydrogens (tertiary/aromatic N) is 3. The molecule has 1 amide bonds. The van der Waals surface area contributed by atoms with Crippen LogP contribution in [0.3, 0.4) is 0 Å². The minimum Gasteiger partial charge on any atom is -0.490 e. The van der Waals surface area contributed by atoms with Gasteiger partial charge in [-0.25, -0.2) is 4.98 Å². The van der Waals surface area contributed by atoms with Crippen LogP contribution in [-0.2, 0) is 0 Å². The van der Waals surface area contributed by atoms with E-state index in [1.165, 1.54) is 36.6 Å². The molecule has 1 N–H and O–H groups in total. The lowest BCUT2D eigenvalue weighted by Crippen LogP contribution is -2.12. The Morgan fingerprint density at radius 3 is 2.91 bits per heavy atom. The summed E-state index contributed by atoms with van der Waals surface area (Å²) >= 11 is 1.44. The number of amides is 1. The summed E-state index contributed by atoms with van der Waals surface area (Å²) in [6.45, 7) is 1.92. The molecule has 0 spiro atoms. The van der Waals surface area contributed by atoms with Crippen molar-refractivity contribution in [3.63, 3.8) is 0 Å². The molecule has 0 unspecified atom stereocenters. The Bertz CT molecular complexity index is 915. The van der Waals surface area contributed by atoms with E-state index < -0.39 is 10.8 Å². The molecule has 0 aliphatic rings. The van der Waals surface area contributed by atoms with E-state index in [1.54, 1.807) is 6.20 Å². The fourth-order valence-corrected chi connectivity index (χ4v) is 2.96. The molecule has 3 aromatic rings. The number of carbonyl (C=O) groups is 1. The highest BCUT2D eigenvalue weighted by Gasteiger charge is 2.18. The largest absolute Gasteiger partial charge is 0.490 e. The van der Waals surface area contributed by atoms with Gasteiger partial charge in [0.2, 0.25) is 0 Å². The maximum Gasteiger partial charge on any atom is 0.312 e. The lowest BCUT2D eigenvalue weighted by molar-refractivity contribution is -0.385. The van der Waals surface area contributed by atoms with Gasteiger partial charge in [-0.15, -0.1) is 11.3 Å². The van der Waals surface area contributed by atoms with Crippen molar-refractivity contribution in [3.8, 4) is 5.75 Å². The fourth-order valence-electron chi connectivity index (χ4n) is 2.11. The van der Waals surface area contributed by atoms with Crippen LogP contribution >= 0.6 is 11.3 Å². The standard InChI is InChI=1S/C14H12N4O4S/c1-8-7-23-14-16-10(6-17(8)14)13(19)15-9-3-4-12(22-2)11(5-9)18(20)21/h3-7H,1-2H3,(H,15,19). The van der Waals surface area contributed by atoms with E-state index in [9.17, 15) is 14.9 Å². The molecule has 23 heavy (non-hydrogen) atoms. The van der Waals surface area contributed by atoms with Gasteiger partial charge in [0.25, 0.3) is 5.91 Å². The zero-order chi connectivity index (χ0) is 16.6. The Labute approximate surface area is 134 Å². The van der Waals surface area contributed by atoms with E-state index in [2.05, 4.69) is 10.3 Å². The summed E-state index contributed by atoms with van der Waals surface area (Å²) < 4.78 is 6.74. The fraction of sp³-hybridized carbons (Fsp3) is 0.143. The second kappa shape index (κ2) is 5.69. The Morgan fingerprint density at radius 1 is 1.48 bits per heavy atom. The molecule has 0 aliphatic carbocycles. The second-order valence-corrected chi connectivity index (χ2v) is 5.59. The van der Waals surface area contributed by atoms with Crippen molar-refractivity contribution in [1.29, 1.82) is 0 Å². The number of nitro groups is 1. The summed E-state index contributed by atoms with van der Waals surface area (Å²) in [5.41, 5.74) is 1.32. The van der Waals surface area contributed by atoms with Crippen LogP contribution in [0.15, 0.2) is 29.8 Å². The summed E-state index contributed by atoms with van der Waals surface area (Å²) in [5, 5.41) is 15.6. The van der Waals surface area contributed by atoms with Crippen LogP contribution in [0.2, 0.25) is 0 Å². The first-order valence-corrected chi connectivity index (χ1v) is 7.44. The van der Waals surface area contributed by atoms with Gasteiger partial charge in [-0.05, 0) is 19.1 Å². The third-order valence-corrected chi connectivity index (χ3v) is 4.21. The van der Waals surface area contributed by atoms with Crippen molar-refractivity contribution in [1.82, 2.24) is 9.38 Å². The number of nitro benzene ring substituents is 1. The van der Waals surface area contributed by atoms with Crippen LogP contribution in [0.1, 0.15) is 16.2 Å². The van der Waals surface area contributed by atoms with Gasteiger partial charge in [-0.1, -0.05) is 0 Å². The highest BCUT2D eigenvalue weighted by Crippen LogP contribution is 2.29. The number of hydrogen-bond donors (Lipinski definition) is 1. The summed E-state index contributed by atoms with van der Waals surface area (Å²) in [6.07, 6.45) is 1.63. The van der Waals surface area contributed by atoms with Gasteiger partial charge in [-0.2, -0.15) is 0 Å². The van der Waals surface area contributed by atoms with Crippen molar-refractivity contribution in [3.05, 3.63) is 51.3 Å². The van der Waals surface area contributed by atoms with Crippen LogP contribution in [0, 0.1) is 17.0 Å². The average molecular weight is 332 g/mol. The number of fused-ring (bicyclic) bond motifs is 1. The predicted octanol–water partition coefficient (Wildman–Crippen LogP) is 2.87. The number of nitrogens with one attached hydrogen (secondary N) is 1. The molecule has 0 aliphatic heterocycles. The number of aryl methyl sites for hydroxylation is 1. The number of imidazole rings is 1. The van der Waals surface area contributed by atoms with Crippen molar-refractivity contribution in [2.45, 2.75) is 6.92 Å². The topological polar surface area (TPSA) is 98.8 Å². The monoisotopic (exact) mass is 332 g/mol. The molecule has 2 aromatic heterocycles. The first-order valence-electron chi connectivity index (χ1n) is 6.56. The quantitative estimate of drug-likeness (QED) is 0.585. The van der Waals surface area contributed by atoms with Crippen LogP contribution in [-0.4, -0.2) is 27.3 Å². The number of rotatable bonds is 4. The number of methoxy groups -OCH3 is 1. The summed E-state index contributed by atoms with van der Waals surface area (Å²) in [4.78, 5) is 27.6. The number of aromatic nitrogens is 2. The molecule has 2 heterocycles. The molecule has 8 nitrogen and oxygen atoms in total. The summed E-state index contributed by atoms with van der Waals surface area (Å²) in [7, 11) is 1.35. The predicted molar refractivity (Wildman–Crippen MR) is 85.4 cm³/mol. The highest BCUT2D eigenvalue weighted by molar-refractivity contribution is 7.15. The van der Waals surface area contributed by atoms with Gasteiger partial charge in [0.15, 0.2) is 10.7 Å². The van der Waals surface area contributed by atoms with E-state index in [-0.39, 0.29) is 17.1 Å². The summed E-state index contributed by atoms with van der Waals surface area (Å²) in [6, 6.07) is 4.22. The maximum atomic E-state index is 12.2. The molecule has 0 radical (unpaired) electrons. The van der Waals surface area contributed by atoms with E-state index in [1.807, 2.05) is 16.7 Å². The second-order valence-electron chi connectivity index (χ2n) is 4.75. The average Bonchev–Trinajstić information content (AvgIpc) is 3.09. The normalized spacial score (nSPS) is 10.7. The highest BCUT2D eigenvalue weighted by atomic mass is 32.1. The smallest absolute Gasteiger partial charge is 0.312 e. The minimum atomic E-state index is -0.565. The van der Waals surface area contributed by atoms with E-state index in [0.717, 1.165) is 5.69 Å². The van der Waals surface area contributed by atoms with Crippen molar-refractivity contribution in [2.75, 3.05) is 12.4 Å². The SMILES string of the molecule is COc1ccc(NC(=O)c2cn3c(C)csc3n2)cc1[N+](=O)[O-]. The van der Waals surface area contributed by atoms with Crippen LogP contribution in [0.4, 0.5) is 11.4 Å². The third-order valence-electron chi connectivity index (χ3n) is 3.25. The molecular weight excluding hydrogens is 320 g/mol. The van der Waals surface area contributed by atoms with E-state index >= 15 is 0 Å². The number of anilines is 1. The Balaban J connectivity index is 1.87. The number of carbonyl (C=O) groups excluding carboxylic acids is 1. The number of thiazole rings is 1. The van der Waals surface area contributed by atoms with Crippen molar-refractivity contribution < 1.29 is 14.5 Å². The van der Waals surface area contributed by atoms with Crippen LogP contribution < -0.4 is 10.1 Å². The summed E-state index contributed by atoms with van der Waals surface area (Å²) in [5.74, 6) is -0.300. The van der Waals surface area contributed by atoms with Crippen LogP contribution in [0.25, 0.3) is 4.96 Å². The molecule has 118 valence electrons. The first kappa shape index (κ1) is 15.0. The van der Waals surface area contributed by atoms with Gasteiger partial charge in [0, 0.05) is 29.0 Å². The Kier molecular flexibility index (Phi) is 3.70. The number of ether oxygens (including phenoxy) is 1. The zero-order valence-corrected chi connectivity index (χ0v) is 13.1. The van der Waals surface area contributed by atoms with E-state index in [0.29, 0.717) is 10.6 Å². The molecule has 0 bridgehead atoms. The Hall–Kier alpha value is -2.94. The molecule has 1 aromatic carbocycles. The zero-order valence-electron chi connectivity index (χ0n) is 12.3. The lowest BCUT2D eigenvalue weighted by Gasteiger charge is -2.05. The van der Waals surface area contributed by atoms with Crippen molar-refractivity contribution >= 4 is 33.6 Å². The van der Waals surface area contributed by atoms with Crippen LogP contribution in [0.5, 0.6) is 5.75 Å². The minimum absolute atomic E-state index is 0.131. The molecule has 0 saturated carbocycles. The van der Waals surface area contributed by atoms with Gasteiger partial charge < -0.3 is 10.1 Å². The van der Waals surface area contributed by atoms with Gasteiger partial charge in [0.1, 0.15) is 5.69 Å². The molecule has 0 fully saturated rings. The molecular formula is C14H12N4O4S. The number of hydrogen-bond acceptors (Lipinski definition) is 6. The number of benzene rings is 1. The van der Waals surface area contributed by atoms with E-state index in [4.69, 9.17) is 4.74 Å². The Morgan fingerprint density at radius 2 is 2.26 bits per heavy atom. The molecule has 9 heteroatoms. The van der Waals surface area contributed by atoms with Gasteiger partial charge in [-0.3, -0.25) is 19.3 Å². The molecule has 3 rings (SSSR count). The van der Waals surface area contributed by atoms with Gasteiger partial charge >= 0.3 is 5.69 Å². The lowest BCUT2D eigenvalue weighted by atomic mass is 10.2. The van der Waals surface area contributed by atoms with Crippen molar-refractivity contribution in [2.24, 2.45) is 0 Å².